The quantitative estimate of drug-likeness (QED) is 0.529. The highest BCUT2D eigenvalue weighted by atomic mass is 16.5. The molecule has 2 aromatic carbocycles. The Bertz CT molecular complexity index is 1050. The van der Waals surface area contributed by atoms with Crippen molar-refractivity contribution in [3.8, 4) is 5.75 Å². The molecule has 0 fully saturated rings. The maximum Gasteiger partial charge on any atom is 0.331 e. The second-order valence-corrected chi connectivity index (χ2v) is 6.55. The first-order chi connectivity index (χ1) is 14.6. The van der Waals surface area contributed by atoms with Crippen molar-refractivity contribution in [1.82, 2.24) is 4.98 Å². The lowest BCUT2D eigenvalue weighted by molar-refractivity contribution is -0.132. The van der Waals surface area contributed by atoms with Crippen LogP contribution in [0.1, 0.15) is 34.8 Å². The zero-order chi connectivity index (χ0) is 21.3. The Labute approximate surface area is 174 Å². The average Bonchev–Trinajstić information content (AvgIpc) is 2.77. The molecule has 1 heterocycles. The molecule has 0 saturated carbocycles. The van der Waals surface area contributed by atoms with Crippen LogP contribution in [0.5, 0.6) is 5.75 Å². The Morgan fingerprint density at radius 3 is 2.57 bits per heavy atom. The van der Waals surface area contributed by atoms with Crippen LogP contribution in [-0.4, -0.2) is 22.0 Å². The van der Waals surface area contributed by atoms with Gasteiger partial charge < -0.3 is 15.2 Å². The average molecular weight is 402 g/mol. The van der Waals surface area contributed by atoms with Gasteiger partial charge in [0, 0.05) is 11.8 Å². The van der Waals surface area contributed by atoms with Crippen LogP contribution in [0.25, 0.3) is 6.08 Å². The fraction of sp³-hybridized carbons (Fsp3) is 0.125. The molecule has 6 heteroatoms. The first-order valence-corrected chi connectivity index (χ1v) is 9.53. The number of pyridine rings is 1. The van der Waals surface area contributed by atoms with Gasteiger partial charge in [0.15, 0.2) is 0 Å². The third-order valence-corrected chi connectivity index (χ3v) is 4.40. The van der Waals surface area contributed by atoms with E-state index in [4.69, 9.17) is 4.74 Å². The Hall–Kier alpha value is -3.93. The second kappa shape index (κ2) is 10.0. The summed E-state index contributed by atoms with van der Waals surface area (Å²) in [5, 5.41) is 12.1. The molecule has 3 aromatic rings. The molecular weight excluding hydrogens is 380 g/mol. The van der Waals surface area contributed by atoms with Gasteiger partial charge in [0.2, 0.25) is 0 Å². The number of benzene rings is 2. The van der Waals surface area contributed by atoms with Gasteiger partial charge in [-0.1, -0.05) is 43.3 Å². The van der Waals surface area contributed by atoms with Crippen molar-refractivity contribution in [2.24, 2.45) is 0 Å². The summed E-state index contributed by atoms with van der Waals surface area (Å²) in [6.07, 6.45) is 5.10. The normalized spacial score (nSPS) is 11.0. The van der Waals surface area contributed by atoms with Crippen LogP contribution in [0.15, 0.2) is 78.6 Å². The zero-order valence-corrected chi connectivity index (χ0v) is 16.5. The number of carbonyl (C=O) groups excluding carboxylic acids is 1. The van der Waals surface area contributed by atoms with Crippen molar-refractivity contribution < 1.29 is 19.4 Å². The molecule has 0 spiro atoms. The van der Waals surface area contributed by atoms with E-state index < -0.39 is 5.97 Å². The molecule has 152 valence electrons. The van der Waals surface area contributed by atoms with E-state index in [1.165, 1.54) is 0 Å². The number of hydrogen-bond donors (Lipinski definition) is 2. The highest BCUT2D eigenvalue weighted by Gasteiger charge is 2.15. The van der Waals surface area contributed by atoms with Crippen molar-refractivity contribution in [2.45, 2.75) is 20.0 Å². The molecule has 0 unspecified atom stereocenters. The monoisotopic (exact) mass is 402 g/mol. The minimum atomic E-state index is -0.983. The standard InChI is InChI=1S/C24H22N2O4/c1-2-19(24(28)29)13-18-10-11-22(30-16-17-7-4-3-5-8-17)21(14-18)23(27)26-20-9-6-12-25-15-20/h3-15H,2,16H2,1H3,(H,26,27)(H,28,29). The van der Waals surface area contributed by atoms with Crippen LogP contribution in [-0.2, 0) is 11.4 Å². The predicted octanol–water partition coefficient (Wildman–Crippen LogP) is 4.79. The predicted molar refractivity (Wildman–Crippen MR) is 115 cm³/mol. The van der Waals surface area contributed by atoms with Gasteiger partial charge in [-0.2, -0.15) is 0 Å². The number of aromatic nitrogens is 1. The van der Waals surface area contributed by atoms with Crippen LogP contribution in [0.4, 0.5) is 5.69 Å². The highest BCUT2D eigenvalue weighted by molar-refractivity contribution is 6.06. The molecule has 3 rings (SSSR count). The van der Waals surface area contributed by atoms with Gasteiger partial charge in [-0.05, 0) is 47.9 Å². The number of anilines is 1. The molecule has 0 saturated heterocycles. The number of rotatable bonds is 8. The smallest absolute Gasteiger partial charge is 0.331 e. The highest BCUT2D eigenvalue weighted by Crippen LogP contribution is 2.24. The summed E-state index contributed by atoms with van der Waals surface area (Å²) in [5.74, 6) is -0.941. The fourth-order valence-electron chi connectivity index (χ4n) is 2.83. The van der Waals surface area contributed by atoms with Gasteiger partial charge >= 0.3 is 5.97 Å². The minimum Gasteiger partial charge on any atom is -0.488 e. The first-order valence-electron chi connectivity index (χ1n) is 9.53. The van der Waals surface area contributed by atoms with Gasteiger partial charge in [0.05, 0.1) is 17.4 Å². The summed E-state index contributed by atoms with van der Waals surface area (Å²) in [6, 6.07) is 18.1. The van der Waals surface area contributed by atoms with E-state index in [0.717, 1.165) is 5.56 Å². The number of carboxylic acid groups (broad SMARTS) is 1. The minimum absolute atomic E-state index is 0.256. The van der Waals surface area contributed by atoms with E-state index in [0.29, 0.717) is 35.6 Å². The van der Waals surface area contributed by atoms with Gasteiger partial charge in [-0.3, -0.25) is 9.78 Å². The van der Waals surface area contributed by atoms with Crippen molar-refractivity contribution in [3.63, 3.8) is 0 Å². The van der Waals surface area contributed by atoms with Crippen LogP contribution >= 0.6 is 0 Å². The molecule has 0 atom stereocenters. The summed E-state index contributed by atoms with van der Waals surface area (Å²) in [7, 11) is 0. The maximum absolute atomic E-state index is 12.9. The molecule has 0 radical (unpaired) electrons. The summed E-state index contributed by atoms with van der Waals surface area (Å²) < 4.78 is 5.90. The molecule has 1 amide bonds. The third-order valence-electron chi connectivity index (χ3n) is 4.40. The number of amides is 1. The lowest BCUT2D eigenvalue weighted by Gasteiger charge is -2.13. The molecule has 0 aliphatic carbocycles. The van der Waals surface area contributed by atoms with E-state index in [-0.39, 0.29) is 11.5 Å². The summed E-state index contributed by atoms with van der Waals surface area (Å²) in [5.41, 5.74) is 2.70. The maximum atomic E-state index is 12.9. The number of ether oxygens (including phenoxy) is 1. The largest absolute Gasteiger partial charge is 0.488 e. The summed E-state index contributed by atoms with van der Waals surface area (Å²) in [6.45, 7) is 2.08. The topological polar surface area (TPSA) is 88.5 Å². The van der Waals surface area contributed by atoms with Crippen molar-refractivity contribution in [3.05, 3.63) is 95.3 Å². The molecule has 0 bridgehead atoms. The molecule has 2 N–H and O–H groups in total. The van der Waals surface area contributed by atoms with Gasteiger partial charge in [0.25, 0.3) is 5.91 Å². The van der Waals surface area contributed by atoms with Gasteiger partial charge in [-0.15, -0.1) is 0 Å². The van der Waals surface area contributed by atoms with E-state index in [9.17, 15) is 14.7 Å². The Morgan fingerprint density at radius 1 is 1.10 bits per heavy atom. The van der Waals surface area contributed by atoms with E-state index in [1.54, 1.807) is 55.7 Å². The van der Waals surface area contributed by atoms with Crippen LogP contribution in [0.3, 0.4) is 0 Å². The van der Waals surface area contributed by atoms with E-state index in [2.05, 4.69) is 10.3 Å². The lowest BCUT2D eigenvalue weighted by Crippen LogP contribution is -2.14. The fourth-order valence-corrected chi connectivity index (χ4v) is 2.83. The number of carbonyl (C=O) groups is 2. The lowest BCUT2D eigenvalue weighted by atomic mass is 10.0. The number of aliphatic carboxylic acids is 1. The van der Waals surface area contributed by atoms with Crippen molar-refractivity contribution in [2.75, 3.05) is 5.32 Å². The van der Waals surface area contributed by atoms with Crippen LogP contribution < -0.4 is 10.1 Å². The summed E-state index contributed by atoms with van der Waals surface area (Å²) >= 11 is 0. The molecule has 6 nitrogen and oxygen atoms in total. The number of hydrogen-bond acceptors (Lipinski definition) is 4. The van der Waals surface area contributed by atoms with Gasteiger partial charge in [-0.25, -0.2) is 4.79 Å². The van der Waals surface area contributed by atoms with Crippen molar-refractivity contribution in [1.29, 1.82) is 0 Å². The molecule has 0 aliphatic rings. The van der Waals surface area contributed by atoms with Gasteiger partial charge in [0.1, 0.15) is 12.4 Å². The Kier molecular flexibility index (Phi) is 6.95. The molecule has 1 aromatic heterocycles. The first kappa shape index (κ1) is 20.8. The molecule has 30 heavy (non-hydrogen) atoms. The SMILES string of the molecule is CCC(=Cc1ccc(OCc2ccccc2)c(C(=O)Nc2cccnc2)c1)C(=O)O. The number of carboxylic acids is 1. The Balaban J connectivity index is 1.92. The Morgan fingerprint density at radius 2 is 1.90 bits per heavy atom. The molecular formula is C24H22N2O4. The van der Waals surface area contributed by atoms with Crippen LogP contribution in [0.2, 0.25) is 0 Å². The summed E-state index contributed by atoms with van der Waals surface area (Å²) in [4.78, 5) is 28.3. The van der Waals surface area contributed by atoms with Crippen molar-refractivity contribution >= 4 is 23.6 Å². The second-order valence-electron chi connectivity index (χ2n) is 6.55. The number of nitrogens with zero attached hydrogens (tertiary/aromatic N) is 1. The van der Waals surface area contributed by atoms with Crippen LogP contribution in [0, 0.1) is 0 Å². The third kappa shape index (κ3) is 5.54. The zero-order valence-electron chi connectivity index (χ0n) is 16.5. The molecule has 0 aliphatic heterocycles. The van der Waals surface area contributed by atoms with E-state index >= 15 is 0 Å². The number of nitrogens with one attached hydrogen (secondary N) is 1. The van der Waals surface area contributed by atoms with E-state index in [1.807, 2.05) is 30.3 Å².